The fraction of sp³-hybridized carbons (Fsp3) is 0. The Bertz CT molecular complexity index is 44.1. The van der Waals surface area contributed by atoms with E-state index in [-0.39, 0.29) is 0 Å². The predicted octanol–water partition coefficient (Wildman–Crippen LogP) is 0.358. The summed E-state index contributed by atoms with van der Waals surface area (Å²) in [5.41, 5.74) is 0. The minimum absolute atomic E-state index is 0.978. The van der Waals surface area contributed by atoms with Crippen molar-refractivity contribution in [1.29, 1.82) is 0 Å². The molecular formula is C2H5O3P. The molecule has 0 bridgehead atoms. The summed E-state index contributed by atoms with van der Waals surface area (Å²) in [6.45, 7) is 3.07. The van der Waals surface area contributed by atoms with Gasteiger partial charge in [-0.05, 0) is 0 Å². The lowest BCUT2D eigenvalue weighted by Gasteiger charge is -1.93. The third-order valence-corrected chi connectivity index (χ3v) is 0.506. The molecule has 0 rings (SSSR count). The van der Waals surface area contributed by atoms with E-state index in [4.69, 9.17) is 9.79 Å². The molecule has 0 aromatic heterocycles. The molecule has 0 fully saturated rings. The van der Waals surface area contributed by atoms with Gasteiger partial charge in [0.25, 0.3) is 0 Å². The summed E-state index contributed by atoms with van der Waals surface area (Å²) >= 11 is 0. The molecule has 6 heavy (non-hydrogen) atoms. The summed E-state index contributed by atoms with van der Waals surface area (Å²) in [5.74, 6) is 0. The van der Waals surface area contributed by atoms with Crippen molar-refractivity contribution in [2.24, 2.45) is 0 Å². The Morgan fingerprint density at radius 3 is 2.17 bits per heavy atom. The zero-order valence-corrected chi connectivity index (χ0v) is 3.93. The first-order valence-electron chi connectivity index (χ1n) is 1.23. The lowest BCUT2D eigenvalue weighted by atomic mass is 11.2. The first-order valence-corrected chi connectivity index (χ1v) is 2.39. The summed E-state index contributed by atoms with van der Waals surface area (Å²) in [6, 6.07) is 0. The minimum Gasteiger partial charge on any atom is -0.436 e. The lowest BCUT2D eigenvalue weighted by molar-refractivity contribution is 0.343. The van der Waals surface area contributed by atoms with Crippen molar-refractivity contribution < 1.29 is 14.3 Å². The molecule has 0 aromatic rings. The van der Waals surface area contributed by atoms with Gasteiger partial charge in [-0.3, -0.25) is 0 Å². The second-order valence-corrected chi connectivity index (χ2v) is 1.24. The average molecular weight is 108 g/mol. The van der Waals surface area contributed by atoms with Gasteiger partial charge in [-0.1, -0.05) is 6.58 Å². The van der Waals surface area contributed by atoms with Crippen LogP contribution in [-0.4, -0.2) is 9.79 Å². The van der Waals surface area contributed by atoms with Crippen LogP contribution in [0.25, 0.3) is 0 Å². The van der Waals surface area contributed by atoms with Gasteiger partial charge < -0.3 is 14.3 Å². The Balaban J connectivity index is 2.81. The summed E-state index contributed by atoms with van der Waals surface area (Å²) < 4.78 is 3.98. The van der Waals surface area contributed by atoms with Gasteiger partial charge in [0.15, 0.2) is 0 Å². The Hall–Kier alpha value is -0.110. The van der Waals surface area contributed by atoms with Crippen molar-refractivity contribution in [2.45, 2.75) is 0 Å². The van der Waals surface area contributed by atoms with E-state index in [1.54, 1.807) is 0 Å². The molecule has 0 aliphatic carbocycles. The van der Waals surface area contributed by atoms with E-state index < -0.39 is 8.60 Å². The summed E-state index contributed by atoms with van der Waals surface area (Å²) in [6.07, 6.45) is 0.978. The highest BCUT2D eigenvalue weighted by molar-refractivity contribution is 7.39. The highest BCUT2D eigenvalue weighted by Crippen LogP contribution is 2.23. The molecule has 0 radical (unpaired) electrons. The SMILES string of the molecule is C=COP(O)O. The van der Waals surface area contributed by atoms with Crippen molar-refractivity contribution in [3.8, 4) is 0 Å². The normalized spacial score (nSPS) is 8.50. The molecule has 36 valence electrons. The van der Waals surface area contributed by atoms with Gasteiger partial charge in [0.05, 0.1) is 6.26 Å². The van der Waals surface area contributed by atoms with Crippen molar-refractivity contribution in [3.05, 3.63) is 12.8 Å². The van der Waals surface area contributed by atoms with E-state index in [2.05, 4.69) is 11.1 Å². The van der Waals surface area contributed by atoms with Crippen LogP contribution in [0.3, 0.4) is 0 Å². The van der Waals surface area contributed by atoms with Crippen LogP contribution in [0.15, 0.2) is 12.8 Å². The zero-order valence-electron chi connectivity index (χ0n) is 3.03. The van der Waals surface area contributed by atoms with Crippen molar-refractivity contribution in [2.75, 3.05) is 0 Å². The molecule has 2 N–H and O–H groups in total. The highest BCUT2D eigenvalue weighted by atomic mass is 31.2. The largest absolute Gasteiger partial charge is 0.436 e. The first-order chi connectivity index (χ1) is 2.77. The van der Waals surface area contributed by atoms with E-state index in [0.717, 1.165) is 6.26 Å². The van der Waals surface area contributed by atoms with E-state index in [0.29, 0.717) is 0 Å². The van der Waals surface area contributed by atoms with Gasteiger partial charge in [-0.2, -0.15) is 0 Å². The van der Waals surface area contributed by atoms with Crippen LogP contribution in [0.2, 0.25) is 0 Å². The zero-order chi connectivity index (χ0) is 4.99. The Labute approximate surface area is 36.9 Å². The van der Waals surface area contributed by atoms with Gasteiger partial charge in [0.1, 0.15) is 0 Å². The maximum absolute atomic E-state index is 7.88. The van der Waals surface area contributed by atoms with Crippen LogP contribution in [0.1, 0.15) is 0 Å². The van der Waals surface area contributed by atoms with Crippen molar-refractivity contribution in [3.63, 3.8) is 0 Å². The Morgan fingerprint density at radius 2 is 2.17 bits per heavy atom. The maximum atomic E-state index is 7.88. The molecule has 0 unspecified atom stereocenters. The van der Waals surface area contributed by atoms with Crippen LogP contribution in [0.4, 0.5) is 0 Å². The summed E-state index contributed by atoms with van der Waals surface area (Å²) in [7, 11) is -2.22. The second kappa shape index (κ2) is 3.09. The summed E-state index contributed by atoms with van der Waals surface area (Å²) in [5, 5.41) is 0. The maximum Gasteiger partial charge on any atom is 0.390 e. The van der Waals surface area contributed by atoms with Gasteiger partial charge in [0, 0.05) is 0 Å². The number of hydrogen-bond acceptors (Lipinski definition) is 3. The molecule has 4 heteroatoms. The van der Waals surface area contributed by atoms with Crippen molar-refractivity contribution >= 4 is 8.60 Å². The molecule has 0 aliphatic heterocycles. The fourth-order valence-electron chi connectivity index (χ4n) is 0.0667. The summed E-state index contributed by atoms with van der Waals surface area (Å²) in [4.78, 5) is 15.8. The number of hydrogen-bond donors (Lipinski definition) is 2. The van der Waals surface area contributed by atoms with Gasteiger partial charge in [0.2, 0.25) is 0 Å². The Morgan fingerprint density at radius 1 is 1.67 bits per heavy atom. The van der Waals surface area contributed by atoms with E-state index >= 15 is 0 Å². The Kier molecular flexibility index (Phi) is 3.04. The van der Waals surface area contributed by atoms with E-state index in [9.17, 15) is 0 Å². The van der Waals surface area contributed by atoms with Gasteiger partial charge in [-0.15, -0.1) is 0 Å². The lowest BCUT2D eigenvalue weighted by Crippen LogP contribution is -1.66. The third kappa shape index (κ3) is 3.89. The molecule has 0 atom stereocenters. The molecule has 0 spiro atoms. The van der Waals surface area contributed by atoms with E-state index in [1.165, 1.54) is 0 Å². The number of rotatable bonds is 2. The predicted molar refractivity (Wildman–Crippen MR) is 22.6 cm³/mol. The van der Waals surface area contributed by atoms with Crippen LogP contribution in [-0.2, 0) is 4.52 Å². The molecular weight excluding hydrogens is 103 g/mol. The van der Waals surface area contributed by atoms with Crippen LogP contribution >= 0.6 is 8.60 Å². The van der Waals surface area contributed by atoms with Gasteiger partial charge in [-0.25, -0.2) is 0 Å². The first kappa shape index (κ1) is 5.89. The molecule has 0 amide bonds. The quantitative estimate of drug-likeness (QED) is 0.396. The highest BCUT2D eigenvalue weighted by Gasteiger charge is 1.89. The molecule has 0 aliphatic rings. The monoisotopic (exact) mass is 108 g/mol. The van der Waals surface area contributed by atoms with Crippen LogP contribution < -0.4 is 0 Å². The van der Waals surface area contributed by atoms with E-state index in [1.807, 2.05) is 0 Å². The van der Waals surface area contributed by atoms with Gasteiger partial charge >= 0.3 is 8.60 Å². The molecule has 0 aromatic carbocycles. The molecule has 3 nitrogen and oxygen atoms in total. The van der Waals surface area contributed by atoms with Crippen LogP contribution in [0.5, 0.6) is 0 Å². The third-order valence-electron chi connectivity index (χ3n) is 0.169. The van der Waals surface area contributed by atoms with Crippen molar-refractivity contribution in [1.82, 2.24) is 0 Å². The molecule has 0 saturated heterocycles. The molecule has 0 heterocycles. The smallest absolute Gasteiger partial charge is 0.390 e. The minimum atomic E-state index is -2.22. The second-order valence-electron chi connectivity index (χ2n) is 0.525. The average Bonchev–Trinajstić information content (AvgIpc) is 1.35. The standard InChI is InChI=1S/C2H5O3P/c1-2-5-6(3)4/h2-4H,1H2. The van der Waals surface area contributed by atoms with Crippen LogP contribution in [0, 0.1) is 0 Å². The molecule has 0 saturated carbocycles. The topological polar surface area (TPSA) is 49.7 Å². The fourth-order valence-corrected chi connectivity index (χ4v) is 0.200.